The van der Waals surface area contributed by atoms with Crippen molar-refractivity contribution in [2.24, 2.45) is 0 Å². The molecule has 1 aliphatic heterocycles. The molecule has 0 aliphatic carbocycles. The number of hydrogen-bond acceptors (Lipinski definition) is 6. The van der Waals surface area contributed by atoms with E-state index in [1.54, 1.807) is 89.5 Å². The van der Waals surface area contributed by atoms with Gasteiger partial charge < -0.3 is 15.0 Å². The van der Waals surface area contributed by atoms with E-state index in [4.69, 9.17) is 10.00 Å². The quantitative estimate of drug-likeness (QED) is 0.300. The summed E-state index contributed by atoms with van der Waals surface area (Å²) in [6.45, 7) is 2.40. The average Bonchev–Trinajstić information content (AvgIpc) is 3.36. The molecule has 39 heavy (non-hydrogen) atoms. The Morgan fingerprint density at radius 3 is 2.38 bits per heavy atom. The minimum Gasteiger partial charge on any atom is -0.497 e. The second-order valence-corrected chi connectivity index (χ2v) is 11.9. The minimum atomic E-state index is -0.521. The molecule has 0 spiro atoms. The Balaban J connectivity index is 1.42. The smallest absolute Gasteiger partial charge is 0.277 e. The summed E-state index contributed by atoms with van der Waals surface area (Å²) in [4.78, 5) is 41.7. The third-order valence-corrected chi connectivity index (χ3v) is 7.38. The highest BCUT2D eigenvalue weighted by atomic mass is 28.1. The Labute approximate surface area is 228 Å². The lowest BCUT2D eigenvalue weighted by atomic mass is 10.0. The number of fused-ring (bicyclic) bond motifs is 1. The largest absolute Gasteiger partial charge is 0.497 e. The van der Waals surface area contributed by atoms with Gasteiger partial charge >= 0.3 is 0 Å². The lowest BCUT2D eigenvalue weighted by molar-refractivity contribution is 0.0924. The number of anilines is 2. The number of ketones is 1. The van der Waals surface area contributed by atoms with Crippen molar-refractivity contribution in [2.45, 2.75) is 18.6 Å². The monoisotopic (exact) mass is 535 g/mol. The highest BCUT2D eigenvalue weighted by Gasteiger charge is 2.42. The van der Waals surface area contributed by atoms with Crippen LogP contribution in [0.15, 0.2) is 79.0 Å². The van der Waals surface area contributed by atoms with Gasteiger partial charge in [-0.25, -0.2) is 0 Å². The fourth-order valence-electron chi connectivity index (χ4n) is 4.72. The zero-order chi connectivity index (χ0) is 27.7. The maximum Gasteiger partial charge on any atom is 0.277 e. The molecule has 1 atom stereocenters. The van der Waals surface area contributed by atoms with Crippen molar-refractivity contribution in [3.63, 3.8) is 0 Å². The van der Waals surface area contributed by atoms with Gasteiger partial charge in [0.15, 0.2) is 5.78 Å². The van der Waals surface area contributed by atoms with Crippen LogP contribution in [-0.2, 0) is 6.54 Å². The zero-order valence-corrected chi connectivity index (χ0v) is 23.6. The molecule has 0 fully saturated rings. The van der Waals surface area contributed by atoms with Gasteiger partial charge in [0.1, 0.15) is 11.4 Å². The molecule has 0 saturated carbocycles. The van der Waals surface area contributed by atoms with E-state index in [0.29, 0.717) is 50.6 Å². The number of ether oxygens (including phenoxy) is 1. The normalized spacial score (nSPS) is 16.3. The number of carbonyl (C=O) groups is 3. The van der Waals surface area contributed by atoms with Crippen LogP contribution >= 0.6 is 0 Å². The number of carbonyl (C=O) groups excluding carboxylic acids is 3. The van der Waals surface area contributed by atoms with Crippen molar-refractivity contribution in [1.29, 1.82) is 5.26 Å². The van der Waals surface area contributed by atoms with E-state index in [0.717, 1.165) is 0 Å². The van der Waals surface area contributed by atoms with Crippen LogP contribution in [0.3, 0.4) is 0 Å². The Bertz CT molecular complexity index is 1640. The number of amides is 2. The molecule has 2 heterocycles. The van der Waals surface area contributed by atoms with E-state index in [-0.39, 0.29) is 22.9 Å². The Morgan fingerprint density at radius 1 is 1.08 bits per heavy atom. The summed E-state index contributed by atoms with van der Waals surface area (Å²) in [5.74, 6) is -0.307. The van der Waals surface area contributed by atoms with Gasteiger partial charge in [0.05, 0.1) is 37.0 Å². The first-order valence-electron chi connectivity index (χ1n) is 12.2. The number of nitrogens with zero attached hydrogens (tertiary/aromatic N) is 4. The molecular weight excluding hydrogens is 510 g/mol. The van der Waals surface area contributed by atoms with Crippen LogP contribution in [0.2, 0.25) is 0 Å². The Kier molecular flexibility index (Phi) is 6.60. The van der Waals surface area contributed by atoms with E-state index in [2.05, 4.69) is 10.4 Å². The van der Waals surface area contributed by atoms with Crippen molar-refractivity contribution >= 4 is 39.2 Å². The zero-order valence-electron chi connectivity index (χ0n) is 21.6. The van der Waals surface area contributed by atoms with Gasteiger partial charge in [-0.15, -0.1) is 0 Å². The summed E-state index contributed by atoms with van der Waals surface area (Å²) in [5.41, 5.74) is 2.85. The first-order chi connectivity index (χ1) is 18.7. The SMILES string of the molecule is COc1ccc(C(=O)c2ccc(N3C(=O)c4c(C(=O)Nc5cccc(C#N)c5)cnn4C[C@]3(C)[SiH3])cc2)cc1. The summed E-state index contributed by atoms with van der Waals surface area (Å²) >= 11 is 0. The van der Waals surface area contributed by atoms with Crippen molar-refractivity contribution in [3.8, 4) is 11.8 Å². The first kappa shape index (κ1) is 25.6. The lowest BCUT2D eigenvalue weighted by Gasteiger charge is -2.42. The predicted octanol–water partition coefficient (Wildman–Crippen LogP) is 2.99. The van der Waals surface area contributed by atoms with E-state index in [1.165, 1.54) is 6.20 Å². The van der Waals surface area contributed by atoms with Gasteiger partial charge in [-0.05, 0) is 73.7 Å². The minimum absolute atomic E-state index is 0.139. The third kappa shape index (κ3) is 4.83. The Hall–Kier alpha value is -5.01. The molecule has 0 bridgehead atoms. The molecule has 10 heteroatoms. The van der Waals surface area contributed by atoms with Crippen LogP contribution in [0.1, 0.15) is 49.3 Å². The number of nitrogens with one attached hydrogen (secondary N) is 1. The van der Waals surface area contributed by atoms with E-state index < -0.39 is 11.1 Å². The van der Waals surface area contributed by atoms with E-state index >= 15 is 0 Å². The van der Waals surface area contributed by atoms with Crippen molar-refractivity contribution in [3.05, 3.63) is 107 Å². The molecule has 0 saturated heterocycles. The molecule has 1 aromatic heterocycles. The number of rotatable bonds is 6. The fourth-order valence-corrected chi connectivity index (χ4v) is 5.48. The first-order valence-corrected chi connectivity index (χ1v) is 13.2. The molecular formula is C29H25N5O4Si. The number of hydrogen-bond donors (Lipinski definition) is 1. The standard InChI is InChI=1S/C29H25N5O4Si/c1-29(39)17-33-25(24(16-31-33)27(36)32-21-5-3-4-18(14-21)15-30)28(37)34(29)22-10-6-19(7-11-22)26(35)20-8-12-23(38-2)13-9-20/h3-14,16H,17H2,1-2,39H3,(H,32,36)/t29-/m0/s1. The van der Waals surface area contributed by atoms with Crippen LogP contribution in [0.5, 0.6) is 5.75 Å². The predicted molar refractivity (Wildman–Crippen MR) is 149 cm³/mol. The molecule has 3 aromatic carbocycles. The van der Waals surface area contributed by atoms with Crippen LogP contribution in [0.25, 0.3) is 0 Å². The van der Waals surface area contributed by atoms with Crippen LogP contribution in [0, 0.1) is 11.3 Å². The van der Waals surface area contributed by atoms with Crippen LogP contribution in [-0.4, -0.2) is 49.9 Å². The van der Waals surface area contributed by atoms with Gasteiger partial charge in [0.25, 0.3) is 11.8 Å². The second kappa shape index (κ2) is 10.0. The molecule has 0 unspecified atom stereocenters. The third-order valence-electron chi connectivity index (χ3n) is 6.62. The maximum atomic E-state index is 13.9. The van der Waals surface area contributed by atoms with Crippen LogP contribution < -0.4 is 15.0 Å². The van der Waals surface area contributed by atoms with Gasteiger partial charge in [-0.2, -0.15) is 10.4 Å². The summed E-state index contributed by atoms with van der Waals surface area (Å²) < 4.78 is 6.74. The maximum absolute atomic E-state index is 13.9. The molecule has 2 amide bonds. The van der Waals surface area contributed by atoms with E-state index in [9.17, 15) is 14.4 Å². The summed E-state index contributed by atoms with van der Waals surface area (Å²) in [6.07, 6.45) is 1.40. The van der Waals surface area contributed by atoms with Gasteiger partial charge in [0, 0.05) is 37.9 Å². The van der Waals surface area contributed by atoms with Crippen molar-refractivity contribution < 1.29 is 19.1 Å². The molecule has 194 valence electrons. The number of benzene rings is 3. The fraction of sp³-hybridized carbons (Fsp3) is 0.138. The van der Waals surface area contributed by atoms with Crippen molar-refractivity contribution in [1.82, 2.24) is 9.78 Å². The number of aromatic nitrogens is 2. The Morgan fingerprint density at radius 2 is 1.74 bits per heavy atom. The molecule has 1 N–H and O–H groups in total. The highest BCUT2D eigenvalue weighted by Crippen LogP contribution is 2.32. The highest BCUT2D eigenvalue weighted by molar-refractivity contribution is 6.25. The van der Waals surface area contributed by atoms with Crippen molar-refractivity contribution in [2.75, 3.05) is 17.3 Å². The van der Waals surface area contributed by atoms with Gasteiger partial charge in [-0.3, -0.25) is 19.1 Å². The number of methoxy groups -OCH3 is 1. The summed E-state index contributed by atoms with van der Waals surface area (Å²) in [7, 11) is 2.20. The molecule has 5 rings (SSSR count). The topological polar surface area (TPSA) is 117 Å². The van der Waals surface area contributed by atoms with Crippen LogP contribution in [0.4, 0.5) is 11.4 Å². The average molecular weight is 536 g/mol. The molecule has 0 radical (unpaired) electrons. The van der Waals surface area contributed by atoms with Gasteiger partial charge in [-0.1, -0.05) is 6.07 Å². The molecule has 1 aliphatic rings. The molecule has 9 nitrogen and oxygen atoms in total. The summed E-state index contributed by atoms with van der Waals surface area (Å²) in [6, 6.07) is 22.4. The van der Waals surface area contributed by atoms with E-state index in [1.807, 2.05) is 13.0 Å². The number of nitriles is 1. The summed E-state index contributed by atoms with van der Waals surface area (Å²) in [5, 5.41) is 15.7. The molecule has 4 aromatic rings. The second-order valence-electron chi connectivity index (χ2n) is 9.77. The van der Waals surface area contributed by atoms with Gasteiger partial charge in [0.2, 0.25) is 0 Å². The lowest BCUT2D eigenvalue weighted by Crippen LogP contribution is -2.58.